The summed E-state index contributed by atoms with van der Waals surface area (Å²) in [7, 11) is -3.96. The van der Waals surface area contributed by atoms with Gasteiger partial charge in [0.15, 0.2) is 4.90 Å². The lowest BCUT2D eigenvalue weighted by Crippen LogP contribution is -2.26. The van der Waals surface area contributed by atoms with E-state index < -0.39 is 21.3 Å². The highest BCUT2D eigenvalue weighted by Gasteiger charge is 2.34. The van der Waals surface area contributed by atoms with Crippen molar-refractivity contribution in [2.75, 3.05) is 0 Å². The van der Waals surface area contributed by atoms with Crippen molar-refractivity contribution in [2.24, 2.45) is 0 Å². The molecule has 6 nitrogen and oxygen atoms in total. The predicted molar refractivity (Wildman–Crippen MR) is 123 cm³/mol. The molecule has 4 aromatic rings. The van der Waals surface area contributed by atoms with Crippen LogP contribution in [0.3, 0.4) is 0 Å². The van der Waals surface area contributed by atoms with Crippen molar-refractivity contribution < 1.29 is 17.9 Å². The van der Waals surface area contributed by atoms with Gasteiger partial charge in [-0.2, -0.15) is 5.10 Å². The molecule has 0 amide bonds. The number of aryl methyl sites for hydroxylation is 1. The van der Waals surface area contributed by atoms with E-state index in [0.29, 0.717) is 5.56 Å². The molecule has 0 saturated heterocycles. The zero-order chi connectivity index (χ0) is 23.1. The first-order valence-electron chi connectivity index (χ1n) is 10.2. The molecule has 164 valence electrons. The first-order chi connectivity index (χ1) is 15.1. The Labute approximate surface area is 187 Å². The number of ether oxygens (including phenoxy) is 1. The Morgan fingerprint density at radius 1 is 0.906 bits per heavy atom. The van der Waals surface area contributed by atoms with Crippen LogP contribution in [0.1, 0.15) is 36.8 Å². The number of carbonyl (C=O) groups is 1. The van der Waals surface area contributed by atoms with Crippen molar-refractivity contribution in [3.8, 4) is 5.88 Å². The predicted octanol–water partition coefficient (Wildman–Crippen LogP) is 5.15. The highest BCUT2D eigenvalue weighted by atomic mass is 32.2. The number of aromatic nitrogens is 2. The van der Waals surface area contributed by atoms with Crippen molar-refractivity contribution in [1.82, 2.24) is 9.78 Å². The first kappa shape index (κ1) is 21.8. The normalized spacial score (nSPS) is 12.1. The van der Waals surface area contributed by atoms with Gasteiger partial charge in [-0.1, -0.05) is 48.5 Å². The molecule has 3 aromatic carbocycles. The van der Waals surface area contributed by atoms with Crippen LogP contribution in [0.4, 0.5) is 0 Å². The van der Waals surface area contributed by atoms with Crippen LogP contribution in [0.2, 0.25) is 0 Å². The third kappa shape index (κ3) is 3.91. The van der Waals surface area contributed by atoms with E-state index in [1.807, 2.05) is 51.1 Å². The maximum atomic E-state index is 13.5. The molecule has 0 spiro atoms. The zero-order valence-electron chi connectivity index (χ0n) is 18.4. The number of nitrogens with zero attached hydrogens (tertiary/aromatic N) is 2. The van der Waals surface area contributed by atoms with Crippen molar-refractivity contribution in [3.05, 3.63) is 84.1 Å². The standard InChI is InChI=1S/C25H24N2O4S/c1-17-22(32(29,30)21-12-6-5-7-13-21)23(27(26-17)25(2,3)4)31-24(28)20-15-14-18-10-8-9-11-19(18)16-20/h5-16H,1-4H3. The Hall–Kier alpha value is -3.45. The van der Waals surface area contributed by atoms with Gasteiger partial charge in [0.2, 0.25) is 15.7 Å². The summed E-state index contributed by atoms with van der Waals surface area (Å²) in [5, 5.41) is 6.31. The molecule has 1 heterocycles. The van der Waals surface area contributed by atoms with E-state index in [2.05, 4.69) is 5.10 Å². The van der Waals surface area contributed by atoms with Gasteiger partial charge in [-0.25, -0.2) is 17.9 Å². The molecule has 0 atom stereocenters. The van der Waals surface area contributed by atoms with Crippen molar-refractivity contribution in [3.63, 3.8) is 0 Å². The Morgan fingerprint density at radius 2 is 1.53 bits per heavy atom. The van der Waals surface area contributed by atoms with Crippen LogP contribution in [0.25, 0.3) is 10.8 Å². The average molecular weight is 449 g/mol. The van der Waals surface area contributed by atoms with E-state index >= 15 is 0 Å². The highest BCUT2D eigenvalue weighted by Crippen LogP contribution is 2.36. The zero-order valence-corrected chi connectivity index (χ0v) is 19.2. The molecule has 7 heteroatoms. The molecule has 4 rings (SSSR count). The lowest BCUT2D eigenvalue weighted by atomic mass is 10.1. The van der Waals surface area contributed by atoms with E-state index in [1.54, 1.807) is 37.3 Å². The van der Waals surface area contributed by atoms with Gasteiger partial charge in [0.25, 0.3) is 0 Å². The van der Waals surface area contributed by atoms with Crippen molar-refractivity contribution >= 4 is 26.6 Å². The Morgan fingerprint density at radius 3 is 2.19 bits per heavy atom. The highest BCUT2D eigenvalue weighted by molar-refractivity contribution is 7.91. The number of esters is 1. The summed E-state index contributed by atoms with van der Waals surface area (Å²) < 4.78 is 34.1. The minimum atomic E-state index is -3.96. The number of carbonyl (C=O) groups excluding carboxylic acids is 1. The minimum absolute atomic E-state index is 0.0861. The molecule has 0 aliphatic heterocycles. The van der Waals surface area contributed by atoms with Gasteiger partial charge in [0.05, 0.1) is 21.7 Å². The summed E-state index contributed by atoms with van der Waals surface area (Å²) >= 11 is 0. The number of rotatable bonds is 4. The number of hydrogen-bond acceptors (Lipinski definition) is 5. The number of fused-ring (bicyclic) bond motifs is 1. The third-order valence-corrected chi connectivity index (χ3v) is 7.00. The molecule has 0 aliphatic carbocycles. The van der Waals surface area contributed by atoms with Crippen LogP contribution < -0.4 is 4.74 Å². The molecule has 0 saturated carbocycles. The molecule has 0 bridgehead atoms. The van der Waals surface area contributed by atoms with Crippen molar-refractivity contribution in [1.29, 1.82) is 0 Å². The van der Waals surface area contributed by atoms with Crippen LogP contribution in [-0.2, 0) is 15.4 Å². The van der Waals surface area contributed by atoms with Gasteiger partial charge >= 0.3 is 5.97 Å². The molecular weight excluding hydrogens is 424 g/mol. The lowest BCUT2D eigenvalue weighted by molar-refractivity contribution is 0.0704. The molecule has 32 heavy (non-hydrogen) atoms. The van der Waals surface area contributed by atoms with Crippen LogP contribution in [0.5, 0.6) is 5.88 Å². The fraction of sp³-hybridized carbons (Fsp3) is 0.200. The maximum Gasteiger partial charge on any atom is 0.344 e. The van der Waals surface area contributed by atoms with Crippen molar-refractivity contribution in [2.45, 2.75) is 43.0 Å². The second kappa shape index (κ2) is 7.91. The van der Waals surface area contributed by atoms with Crippen LogP contribution >= 0.6 is 0 Å². The number of benzene rings is 3. The van der Waals surface area contributed by atoms with Gasteiger partial charge in [-0.3, -0.25) is 0 Å². The summed E-state index contributed by atoms with van der Waals surface area (Å²) in [5.74, 6) is -0.734. The molecule has 0 unspecified atom stereocenters. The van der Waals surface area contributed by atoms with Gasteiger partial charge in [0, 0.05) is 0 Å². The summed E-state index contributed by atoms with van der Waals surface area (Å²) in [6.45, 7) is 7.20. The Balaban J connectivity index is 1.84. The van der Waals surface area contributed by atoms with Gasteiger partial charge in [-0.15, -0.1) is 0 Å². The van der Waals surface area contributed by atoms with Crippen LogP contribution in [-0.4, -0.2) is 24.2 Å². The minimum Gasteiger partial charge on any atom is -0.403 e. The average Bonchev–Trinajstić information content (AvgIpc) is 3.11. The molecule has 1 aromatic heterocycles. The van der Waals surface area contributed by atoms with Gasteiger partial charge in [-0.05, 0) is 62.7 Å². The summed E-state index contributed by atoms with van der Waals surface area (Å²) in [6.07, 6.45) is 0. The number of sulfone groups is 1. The van der Waals surface area contributed by atoms with E-state index in [0.717, 1.165) is 10.8 Å². The Bertz CT molecular complexity index is 1420. The van der Waals surface area contributed by atoms with Gasteiger partial charge in [0.1, 0.15) is 0 Å². The summed E-state index contributed by atoms with van der Waals surface area (Å²) in [5.41, 5.74) is -0.0232. The quantitative estimate of drug-likeness (QED) is 0.403. The Kier molecular flexibility index (Phi) is 5.38. The first-order valence-corrected chi connectivity index (χ1v) is 11.7. The molecular formula is C25H24N2O4S. The van der Waals surface area contributed by atoms with E-state index in [9.17, 15) is 13.2 Å². The molecule has 0 fully saturated rings. The second-order valence-electron chi connectivity index (χ2n) is 8.57. The lowest BCUT2D eigenvalue weighted by Gasteiger charge is -2.22. The second-order valence-corrected chi connectivity index (χ2v) is 10.5. The summed E-state index contributed by atoms with van der Waals surface area (Å²) in [6, 6.07) is 21.0. The molecule has 0 N–H and O–H groups in total. The van der Waals surface area contributed by atoms with Crippen LogP contribution in [0.15, 0.2) is 82.6 Å². The van der Waals surface area contributed by atoms with E-state index in [-0.39, 0.29) is 21.4 Å². The maximum absolute atomic E-state index is 13.5. The van der Waals surface area contributed by atoms with E-state index in [4.69, 9.17) is 4.74 Å². The fourth-order valence-electron chi connectivity index (χ4n) is 3.53. The molecule has 0 radical (unpaired) electrons. The third-order valence-electron chi connectivity index (χ3n) is 5.10. The van der Waals surface area contributed by atoms with Crippen LogP contribution in [0, 0.1) is 6.92 Å². The fourth-order valence-corrected chi connectivity index (χ4v) is 5.06. The molecule has 0 aliphatic rings. The SMILES string of the molecule is Cc1nn(C(C)(C)C)c(OC(=O)c2ccc3ccccc3c2)c1S(=O)(=O)c1ccccc1. The van der Waals surface area contributed by atoms with E-state index in [1.165, 1.54) is 16.8 Å². The smallest absolute Gasteiger partial charge is 0.344 e. The number of hydrogen-bond donors (Lipinski definition) is 0. The van der Waals surface area contributed by atoms with Gasteiger partial charge < -0.3 is 4.74 Å². The summed E-state index contributed by atoms with van der Waals surface area (Å²) in [4.78, 5) is 13.1. The topological polar surface area (TPSA) is 78.3 Å². The largest absolute Gasteiger partial charge is 0.403 e. The monoisotopic (exact) mass is 448 g/mol.